The summed E-state index contributed by atoms with van der Waals surface area (Å²) in [7, 11) is 13.4. The Morgan fingerprint density at radius 2 is 1.61 bits per heavy atom. The lowest BCUT2D eigenvalue weighted by Crippen LogP contribution is -2.50. The molecule has 0 amide bonds. The highest BCUT2D eigenvalue weighted by Crippen LogP contribution is 2.46. The zero-order valence-corrected chi connectivity index (χ0v) is 21.0. The van der Waals surface area contributed by atoms with E-state index >= 15 is 0 Å². The average Bonchev–Trinajstić information content (AvgIpc) is 3.18. The van der Waals surface area contributed by atoms with Gasteiger partial charge in [0, 0.05) is 17.0 Å². The molecule has 31 heavy (non-hydrogen) atoms. The van der Waals surface area contributed by atoms with Gasteiger partial charge in [0.15, 0.2) is 6.67 Å². The third-order valence-corrected chi connectivity index (χ3v) is 7.14. The number of aromatic nitrogens is 1. The van der Waals surface area contributed by atoms with E-state index in [1.165, 1.54) is 30.8 Å². The first-order valence-corrected chi connectivity index (χ1v) is 12.2. The molecule has 0 saturated heterocycles. The van der Waals surface area contributed by atoms with E-state index in [1.807, 2.05) is 23.1 Å². The largest absolute Gasteiger partial charge is 0.314 e. The maximum atomic E-state index is 2.44. The molecule has 6 heteroatoms. The number of hydrogen-bond donors (Lipinski definition) is 0. The molecule has 4 nitrogen and oxygen atoms in total. The summed E-state index contributed by atoms with van der Waals surface area (Å²) in [6.45, 7) is 1.88. The molecule has 0 fully saturated rings. The molecule has 2 heterocycles. The Kier molecular flexibility index (Phi) is 6.01. The van der Waals surface area contributed by atoms with Gasteiger partial charge in [0.2, 0.25) is 5.52 Å². The minimum absolute atomic E-state index is 0.885. The Balaban J connectivity index is 1.67. The van der Waals surface area contributed by atoms with E-state index in [1.54, 1.807) is 0 Å². The molecule has 162 valence electrons. The van der Waals surface area contributed by atoms with Crippen molar-refractivity contribution in [2.24, 2.45) is 0 Å². The molecule has 0 N–H and O–H groups in total. The third kappa shape index (κ3) is 5.21. The molecule has 4 rings (SSSR count). The summed E-state index contributed by atoms with van der Waals surface area (Å²) in [5.41, 5.74) is 2.62. The number of anilines is 1. The second kappa shape index (κ2) is 8.43. The van der Waals surface area contributed by atoms with E-state index in [9.17, 15) is 0 Å². The molecule has 0 aliphatic carbocycles. The summed E-state index contributed by atoms with van der Waals surface area (Å²) in [6.07, 6.45) is 6.75. The highest BCUT2D eigenvalue weighted by Gasteiger charge is 2.28. The van der Waals surface area contributed by atoms with Crippen molar-refractivity contribution >= 4 is 45.1 Å². The van der Waals surface area contributed by atoms with Gasteiger partial charge in [-0.3, -0.25) is 9.38 Å². The average molecular weight is 454 g/mol. The molecule has 0 radical (unpaired) electrons. The first-order valence-electron chi connectivity index (χ1n) is 10.6. The molecule has 0 spiro atoms. The van der Waals surface area contributed by atoms with Gasteiger partial charge in [0.05, 0.1) is 53.0 Å². The van der Waals surface area contributed by atoms with E-state index in [-0.39, 0.29) is 0 Å². The Hall–Kier alpha value is -2.12. The van der Waals surface area contributed by atoms with Crippen molar-refractivity contribution in [2.45, 2.75) is 11.6 Å². The maximum Gasteiger partial charge on any atom is 0.277 e. The van der Waals surface area contributed by atoms with E-state index in [0.29, 0.717) is 0 Å². The minimum atomic E-state index is 0.885. The van der Waals surface area contributed by atoms with Crippen molar-refractivity contribution in [3.05, 3.63) is 70.7 Å². The maximum absolute atomic E-state index is 2.44. The van der Waals surface area contributed by atoms with Gasteiger partial charge in [0.1, 0.15) is 4.70 Å². The number of quaternary nitrogens is 2. The summed E-state index contributed by atoms with van der Waals surface area (Å²) in [4.78, 5) is 3.77. The van der Waals surface area contributed by atoms with Gasteiger partial charge in [-0.15, -0.1) is 4.57 Å². The normalized spacial score (nSPS) is 16.1. The first-order chi connectivity index (χ1) is 14.6. The summed E-state index contributed by atoms with van der Waals surface area (Å²) in [5.74, 6) is 0. The predicted octanol–water partition coefficient (Wildman–Crippen LogP) is 4.98. The van der Waals surface area contributed by atoms with Crippen molar-refractivity contribution in [2.75, 3.05) is 53.9 Å². The van der Waals surface area contributed by atoms with Crippen LogP contribution in [0.25, 0.3) is 16.3 Å². The van der Waals surface area contributed by atoms with Crippen molar-refractivity contribution in [3.8, 4) is 0 Å². The smallest absolute Gasteiger partial charge is 0.277 e. The number of fused-ring (bicyclic) bond motifs is 2. The Bertz CT molecular complexity index is 1150. The Morgan fingerprint density at radius 3 is 2.35 bits per heavy atom. The fourth-order valence-corrected chi connectivity index (χ4v) is 5.84. The Morgan fingerprint density at radius 1 is 0.903 bits per heavy atom. The second-order valence-electron chi connectivity index (χ2n) is 10.1. The lowest BCUT2D eigenvalue weighted by molar-refractivity contribution is -1.01. The van der Waals surface area contributed by atoms with Crippen molar-refractivity contribution in [1.29, 1.82) is 0 Å². The number of thiazole rings is 1. The Labute approximate surface area is 194 Å². The summed E-state index contributed by atoms with van der Waals surface area (Å²) in [5, 5.41) is 2.56. The molecule has 1 aliphatic rings. The van der Waals surface area contributed by atoms with Crippen molar-refractivity contribution < 1.29 is 13.5 Å². The van der Waals surface area contributed by atoms with Crippen LogP contribution in [-0.4, -0.2) is 57.9 Å². The SMILES string of the molecule is C[N+](C)(C)CN1C(=CC=Cc2sc3ccccc3[n+]2C[N+](C)(C)C)Sc2ccccc21. The number of thioether (sulfide) groups is 1. The first kappa shape index (κ1) is 22.1. The summed E-state index contributed by atoms with van der Waals surface area (Å²) < 4.78 is 5.54. The summed E-state index contributed by atoms with van der Waals surface area (Å²) in [6, 6.07) is 17.4. The van der Waals surface area contributed by atoms with Crippen molar-refractivity contribution in [1.82, 2.24) is 0 Å². The lowest BCUT2D eigenvalue weighted by Gasteiger charge is -2.31. The van der Waals surface area contributed by atoms with E-state index in [0.717, 1.165) is 22.3 Å². The standard InChI is InChI=1S/C25H33N4S2/c1-28(2,3)18-26-20-12-7-9-14-22(20)30-24(26)16-11-17-25-27(19-29(4,5)6)21-13-8-10-15-23(21)31-25/h7-17H,18-19H2,1-6H3/q+3. The molecule has 0 unspecified atom stereocenters. The van der Waals surface area contributed by atoms with Gasteiger partial charge in [-0.2, -0.15) is 0 Å². The molecule has 0 saturated carbocycles. The molecule has 3 aromatic rings. The molecule has 1 aromatic heterocycles. The predicted molar refractivity (Wildman–Crippen MR) is 135 cm³/mol. The molecule has 2 aromatic carbocycles. The number of para-hydroxylation sites is 2. The van der Waals surface area contributed by atoms with Crippen LogP contribution in [0.2, 0.25) is 0 Å². The van der Waals surface area contributed by atoms with E-state index in [2.05, 4.69) is 119 Å². The molecular weight excluding hydrogens is 420 g/mol. The number of rotatable bonds is 6. The third-order valence-electron chi connectivity index (χ3n) is 4.88. The van der Waals surface area contributed by atoms with Crippen LogP contribution in [-0.2, 0) is 6.67 Å². The number of allylic oxidation sites excluding steroid dienone is 2. The highest BCUT2D eigenvalue weighted by atomic mass is 32.2. The fraction of sp³-hybridized carbons (Fsp3) is 0.320. The summed E-state index contributed by atoms with van der Waals surface area (Å²) >= 11 is 3.72. The monoisotopic (exact) mass is 453 g/mol. The van der Waals surface area contributed by atoms with Crippen LogP contribution in [0.5, 0.6) is 0 Å². The van der Waals surface area contributed by atoms with Gasteiger partial charge in [-0.05, 0) is 24.3 Å². The lowest BCUT2D eigenvalue weighted by atomic mass is 10.3. The molecule has 0 atom stereocenters. The van der Waals surface area contributed by atoms with Gasteiger partial charge in [-0.25, -0.2) is 0 Å². The number of benzene rings is 2. The van der Waals surface area contributed by atoms with Crippen LogP contribution in [0, 0.1) is 0 Å². The highest BCUT2D eigenvalue weighted by molar-refractivity contribution is 8.03. The molecule has 1 aliphatic heterocycles. The van der Waals surface area contributed by atoms with E-state index in [4.69, 9.17) is 0 Å². The van der Waals surface area contributed by atoms with Gasteiger partial charge in [-0.1, -0.05) is 53.4 Å². The topological polar surface area (TPSA) is 7.12 Å². The van der Waals surface area contributed by atoms with Gasteiger partial charge >= 0.3 is 0 Å². The molecule has 0 bridgehead atoms. The zero-order chi connectivity index (χ0) is 22.2. The number of hydrogen-bond acceptors (Lipinski definition) is 3. The van der Waals surface area contributed by atoms with Crippen LogP contribution in [0.15, 0.2) is 70.6 Å². The van der Waals surface area contributed by atoms with Crippen LogP contribution in [0.4, 0.5) is 5.69 Å². The van der Waals surface area contributed by atoms with Crippen LogP contribution >= 0.6 is 23.1 Å². The fourth-order valence-electron chi connectivity index (χ4n) is 3.71. The van der Waals surface area contributed by atoms with Crippen LogP contribution < -0.4 is 9.47 Å². The van der Waals surface area contributed by atoms with Crippen LogP contribution in [0.3, 0.4) is 0 Å². The quantitative estimate of drug-likeness (QED) is 0.384. The molecular formula is C25H33N4S2+3. The second-order valence-corrected chi connectivity index (χ2v) is 12.2. The van der Waals surface area contributed by atoms with Gasteiger partial charge < -0.3 is 4.48 Å². The zero-order valence-electron chi connectivity index (χ0n) is 19.4. The van der Waals surface area contributed by atoms with Crippen LogP contribution in [0.1, 0.15) is 5.01 Å². The van der Waals surface area contributed by atoms with E-state index < -0.39 is 0 Å². The number of nitrogens with zero attached hydrogens (tertiary/aromatic N) is 4. The van der Waals surface area contributed by atoms with Gasteiger partial charge in [0.25, 0.3) is 11.7 Å². The van der Waals surface area contributed by atoms with Crippen molar-refractivity contribution in [3.63, 3.8) is 0 Å². The minimum Gasteiger partial charge on any atom is -0.314 e.